The average Bonchev–Trinajstić information content (AvgIpc) is 2.83. The molecule has 0 aliphatic carbocycles. The maximum atomic E-state index is 6.02. The lowest BCUT2D eigenvalue weighted by atomic mass is 10.3. The number of aromatic nitrogens is 2. The molecule has 0 saturated carbocycles. The lowest BCUT2D eigenvalue weighted by molar-refractivity contribution is 0.357. The van der Waals surface area contributed by atoms with Gasteiger partial charge in [0, 0.05) is 6.54 Å². The Morgan fingerprint density at radius 3 is 2.78 bits per heavy atom. The van der Waals surface area contributed by atoms with Crippen LogP contribution in [0.4, 0.5) is 0 Å². The van der Waals surface area contributed by atoms with Crippen molar-refractivity contribution in [3.8, 4) is 11.5 Å². The number of thiophene rings is 1. The van der Waals surface area contributed by atoms with E-state index in [0.717, 1.165) is 0 Å². The van der Waals surface area contributed by atoms with Gasteiger partial charge in [-0.05, 0) is 20.2 Å². The van der Waals surface area contributed by atoms with Crippen LogP contribution in [0.3, 0.4) is 0 Å². The van der Waals surface area contributed by atoms with E-state index in [1.54, 1.807) is 6.07 Å². The van der Waals surface area contributed by atoms with E-state index in [9.17, 15) is 0 Å². The summed E-state index contributed by atoms with van der Waals surface area (Å²) in [5, 5.41) is 3.86. The quantitative estimate of drug-likeness (QED) is 0.940. The molecule has 8 heteroatoms. The maximum Gasteiger partial charge on any atom is 0.260 e. The molecular formula is C10H12Cl2N4OS. The highest BCUT2D eigenvalue weighted by molar-refractivity contribution is 7.20. The third-order valence-electron chi connectivity index (χ3n) is 2.22. The minimum Gasteiger partial charge on any atom is -0.334 e. The van der Waals surface area contributed by atoms with E-state index in [1.165, 1.54) is 11.3 Å². The molecule has 5 nitrogen and oxygen atoms in total. The van der Waals surface area contributed by atoms with E-state index in [-0.39, 0.29) is 6.04 Å². The Labute approximate surface area is 118 Å². The molecule has 0 aliphatic rings. The fourth-order valence-corrected chi connectivity index (χ4v) is 2.90. The Morgan fingerprint density at radius 1 is 1.50 bits per heavy atom. The van der Waals surface area contributed by atoms with Gasteiger partial charge in [-0.25, -0.2) is 0 Å². The molecule has 2 N–H and O–H groups in total. The Bertz CT molecular complexity index is 540. The smallest absolute Gasteiger partial charge is 0.260 e. The summed E-state index contributed by atoms with van der Waals surface area (Å²) in [5.74, 6) is 0.796. The molecule has 0 amide bonds. The summed E-state index contributed by atoms with van der Waals surface area (Å²) in [7, 11) is 3.85. The fourth-order valence-electron chi connectivity index (χ4n) is 1.46. The third kappa shape index (κ3) is 3.02. The number of nitrogens with zero attached hydrogens (tertiary/aromatic N) is 3. The molecule has 0 aromatic carbocycles. The molecule has 2 rings (SSSR count). The van der Waals surface area contributed by atoms with E-state index in [1.807, 2.05) is 19.0 Å². The van der Waals surface area contributed by atoms with E-state index in [4.69, 9.17) is 33.5 Å². The standard InChI is InChI=1S/C10H12Cl2N4OS/c1-16(2)4-6(13)9-14-10(17-15-9)5-3-7(11)18-8(5)12/h3,6H,4,13H2,1-2H3. The number of hydrogen-bond donors (Lipinski definition) is 1. The number of hydrogen-bond acceptors (Lipinski definition) is 6. The topological polar surface area (TPSA) is 68.2 Å². The molecule has 0 radical (unpaired) electrons. The molecule has 0 spiro atoms. The van der Waals surface area contributed by atoms with Gasteiger partial charge in [0.15, 0.2) is 5.82 Å². The van der Waals surface area contributed by atoms with Gasteiger partial charge in [-0.15, -0.1) is 11.3 Å². The van der Waals surface area contributed by atoms with Gasteiger partial charge >= 0.3 is 0 Å². The van der Waals surface area contributed by atoms with Crippen molar-refractivity contribution in [2.45, 2.75) is 6.04 Å². The van der Waals surface area contributed by atoms with Gasteiger partial charge < -0.3 is 15.2 Å². The van der Waals surface area contributed by atoms with Crippen LogP contribution in [0.15, 0.2) is 10.6 Å². The van der Waals surface area contributed by atoms with Crippen molar-refractivity contribution in [1.82, 2.24) is 15.0 Å². The maximum absolute atomic E-state index is 6.02. The second-order valence-electron chi connectivity index (χ2n) is 4.06. The van der Waals surface area contributed by atoms with E-state index < -0.39 is 0 Å². The first-order valence-electron chi connectivity index (χ1n) is 5.16. The summed E-state index contributed by atoms with van der Waals surface area (Å²) in [4.78, 5) is 6.20. The van der Waals surface area contributed by atoms with Gasteiger partial charge in [-0.2, -0.15) is 4.98 Å². The van der Waals surface area contributed by atoms with Gasteiger partial charge in [0.25, 0.3) is 5.89 Å². The van der Waals surface area contributed by atoms with Crippen LogP contribution < -0.4 is 5.73 Å². The SMILES string of the molecule is CN(C)CC(N)c1noc(-c2cc(Cl)sc2Cl)n1. The molecular weight excluding hydrogens is 295 g/mol. The molecule has 1 atom stereocenters. The lowest BCUT2D eigenvalue weighted by Crippen LogP contribution is -2.26. The zero-order valence-electron chi connectivity index (χ0n) is 9.85. The number of halogens is 2. The molecule has 2 heterocycles. The minimum absolute atomic E-state index is 0.301. The highest BCUT2D eigenvalue weighted by Crippen LogP contribution is 2.37. The van der Waals surface area contributed by atoms with Crippen molar-refractivity contribution in [3.63, 3.8) is 0 Å². The first-order valence-corrected chi connectivity index (χ1v) is 6.73. The number of nitrogens with two attached hydrogens (primary N) is 1. The Kier molecular flexibility index (Phi) is 4.24. The largest absolute Gasteiger partial charge is 0.334 e. The van der Waals surface area contributed by atoms with Crippen molar-refractivity contribution in [1.29, 1.82) is 0 Å². The van der Waals surface area contributed by atoms with Crippen LogP contribution in [-0.2, 0) is 0 Å². The Hall–Kier alpha value is -0.660. The first kappa shape index (κ1) is 13.8. The molecule has 0 saturated heterocycles. The fraction of sp³-hybridized carbons (Fsp3) is 0.400. The van der Waals surface area contributed by atoms with E-state index in [0.29, 0.717) is 32.5 Å². The summed E-state index contributed by atoms with van der Waals surface area (Å²) in [6, 6.07) is 1.40. The zero-order chi connectivity index (χ0) is 13.3. The number of rotatable bonds is 4. The van der Waals surface area contributed by atoms with Crippen LogP contribution in [0.2, 0.25) is 8.67 Å². The van der Waals surface area contributed by atoms with Crippen LogP contribution in [-0.4, -0.2) is 35.7 Å². The minimum atomic E-state index is -0.301. The second-order valence-corrected chi connectivity index (χ2v) is 6.35. The average molecular weight is 307 g/mol. The monoisotopic (exact) mass is 306 g/mol. The van der Waals surface area contributed by atoms with Gasteiger partial charge in [0.1, 0.15) is 4.34 Å². The predicted octanol–water partition coefficient (Wildman–Crippen LogP) is 2.67. The van der Waals surface area contributed by atoms with Gasteiger partial charge in [0.2, 0.25) is 0 Å². The van der Waals surface area contributed by atoms with Crippen LogP contribution in [0.25, 0.3) is 11.5 Å². The lowest BCUT2D eigenvalue weighted by Gasteiger charge is -2.12. The Morgan fingerprint density at radius 2 is 2.22 bits per heavy atom. The highest BCUT2D eigenvalue weighted by atomic mass is 35.5. The third-order valence-corrected chi connectivity index (χ3v) is 3.71. The molecule has 0 fully saturated rings. The van der Waals surface area contributed by atoms with Crippen molar-refractivity contribution < 1.29 is 4.52 Å². The molecule has 1 unspecified atom stereocenters. The van der Waals surface area contributed by atoms with Crippen LogP contribution in [0.5, 0.6) is 0 Å². The molecule has 0 bridgehead atoms. The van der Waals surface area contributed by atoms with Gasteiger partial charge in [0.05, 0.1) is 15.9 Å². The van der Waals surface area contributed by atoms with E-state index in [2.05, 4.69) is 10.1 Å². The molecule has 18 heavy (non-hydrogen) atoms. The van der Waals surface area contributed by atoms with Crippen molar-refractivity contribution >= 4 is 34.5 Å². The molecule has 0 aliphatic heterocycles. The summed E-state index contributed by atoms with van der Waals surface area (Å²) < 4.78 is 6.25. The summed E-state index contributed by atoms with van der Waals surface area (Å²) in [6.07, 6.45) is 0. The van der Waals surface area contributed by atoms with Crippen molar-refractivity contribution in [3.05, 3.63) is 20.6 Å². The second kappa shape index (κ2) is 5.54. The van der Waals surface area contributed by atoms with Crippen molar-refractivity contribution in [2.75, 3.05) is 20.6 Å². The van der Waals surface area contributed by atoms with Crippen LogP contribution in [0.1, 0.15) is 11.9 Å². The molecule has 98 valence electrons. The highest BCUT2D eigenvalue weighted by Gasteiger charge is 2.19. The van der Waals surface area contributed by atoms with E-state index >= 15 is 0 Å². The summed E-state index contributed by atoms with van der Waals surface area (Å²) in [6.45, 7) is 0.636. The zero-order valence-corrected chi connectivity index (χ0v) is 12.2. The summed E-state index contributed by atoms with van der Waals surface area (Å²) >= 11 is 13.1. The van der Waals surface area contributed by atoms with Gasteiger partial charge in [-0.3, -0.25) is 0 Å². The molecule has 2 aromatic rings. The van der Waals surface area contributed by atoms with Crippen LogP contribution >= 0.6 is 34.5 Å². The van der Waals surface area contributed by atoms with Crippen LogP contribution in [0, 0.1) is 0 Å². The molecule has 2 aromatic heterocycles. The number of likely N-dealkylation sites (N-methyl/N-ethyl adjacent to an activating group) is 1. The Balaban J connectivity index is 2.22. The van der Waals surface area contributed by atoms with Crippen molar-refractivity contribution in [2.24, 2.45) is 5.73 Å². The summed E-state index contributed by atoms with van der Waals surface area (Å²) in [5.41, 5.74) is 6.59. The normalized spacial score (nSPS) is 13.2. The first-order chi connectivity index (χ1) is 8.47. The predicted molar refractivity (Wildman–Crippen MR) is 73.1 cm³/mol. The van der Waals surface area contributed by atoms with Gasteiger partial charge in [-0.1, -0.05) is 28.4 Å².